The Morgan fingerprint density at radius 2 is 1.71 bits per heavy atom. The van der Waals surface area contributed by atoms with E-state index in [1.165, 1.54) is 0 Å². The summed E-state index contributed by atoms with van der Waals surface area (Å²) in [6.45, 7) is 3.93. The van der Waals surface area contributed by atoms with E-state index >= 15 is 0 Å². The second-order valence-corrected chi connectivity index (χ2v) is 6.50. The first-order valence-corrected chi connectivity index (χ1v) is 7.92. The Hall–Kier alpha value is -1.40. The lowest BCUT2D eigenvalue weighted by atomic mass is 10.1. The van der Waals surface area contributed by atoms with E-state index in [-0.39, 0.29) is 5.91 Å². The smallest absolute Gasteiger partial charge is 0.259 e. The fraction of sp³-hybridized carbons (Fsp3) is 0.200. The quantitative estimate of drug-likeness (QED) is 0.779. The van der Waals surface area contributed by atoms with Gasteiger partial charge in [0.1, 0.15) is 5.82 Å². The number of nitrogens with zero attached hydrogens (tertiary/aromatic N) is 1. The van der Waals surface area contributed by atoms with Crippen LogP contribution in [0.4, 0.5) is 11.5 Å². The molecule has 0 saturated carbocycles. The van der Waals surface area contributed by atoms with Gasteiger partial charge >= 0.3 is 0 Å². The number of hydrogen-bond donors (Lipinski definition) is 2. The molecule has 4 nitrogen and oxygen atoms in total. The van der Waals surface area contributed by atoms with Crippen molar-refractivity contribution in [3.05, 3.63) is 50.0 Å². The standard InChI is InChI=1S/C15H15Br2N3O/c1-8-4-10(16)5-9(2)13(8)20-15(21)12-6-11(17)7-19-14(12)18-3/h4-7H,1-3H3,(H,18,19)(H,20,21). The van der Waals surface area contributed by atoms with E-state index in [4.69, 9.17) is 0 Å². The maximum absolute atomic E-state index is 12.5. The monoisotopic (exact) mass is 411 g/mol. The number of amides is 1. The zero-order valence-electron chi connectivity index (χ0n) is 11.9. The molecule has 0 aliphatic carbocycles. The summed E-state index contributed by atoms with van der Waals surface area (Å²) in [5, 5.41) is 5.89. The highest BCUT2D eigenvalue weighted by molar-refractivity contribution is 9.10. The first-order valence-electron chi connectivity index (χ1n) is 6.33. The van der Waals surface area contributed by atoms with Crippen LogP contribution in [0.3, 0.4) is 0 Å². The van der Waals surface area contributed by atoms with E-state index in [1.54, 1.807) is 19.3 Å². The van der Waals surface area contributed by atoms with Crippen molar-refractivity contribution in [1.29, 1.82) is 0 Å². The minimum absolute atomic E-state index is 0.193. The van der Waals surface area contributed by atoms with Crippen molar-refractivity contribution in [2.24, 2.45) is 0 Å². The van der Waals surface area contributed by atoms with Gasteiger partial charge in [0.25, 0.3) is 5.91 Å². The highest BCUT2D eigenvalue weighted by Crippen LogP contribution is 2.26. The molecular formula is C15H15Br2N3O. The van der Waals surface area contributed by atoms with Gasteiger partial charge < -0.3 is 10.6 Å². The number of carbonyl (C=O) groups excluding carboxylic acids is 1. The first kappa shape index (κ1) is 16.0. The summed E-state index contributed by atoms with van der Waals surface area (Å²) in [5.74, 6) is 0.352. The number of aromatic nitrogens is 1. The van der Waals surface area contributed by atoms with Crippen LogP contribution in [-0.4, -0.2) is 17.9 Å². The van der Waals surface area contributed by atoms with Gasteiger partial charge in [-0.15, -0.1) is 0 Å². The number of aryl methyl sites for hydroxylation is 2. The average Bonchev–Trinajstić information content (AvgIpc) is 2.42. The van der Waals surface area contributed by atoms with Crippen LogP contribution in [0.5, 0.6) is 0 Å². The summed E-state index contributed by atoms with van der Waals surface area (Å²) in [7, 11) is 1.74. The first-order chi connectivity index (χ1) is 9.92. The van der Waals surface area contributed by atoms with Crippen LogP contribution in [0.1, 0.15) is 21.5 Å². The van der Waals surface area contributed by atoms with Gasteiger partial charge in [0.2, 0.25) is 0 Å². The number of nitrogens with one attached hydrogen (secondary N) is 2. The minimum atomic E-state index is -0.193. The van der Waals surface area contributed by atoms with Crippen LogP contribution in [0.2, 0.25) is 0 Å². The maximum Gasteiger partial charge on any atom is 0.259 e. The van der Waals surface area contributed by atoms with Crippen LogP contribution < -0.4 is 10.6 Å². The van der Waals surface area contributed by atoms with Crippen molar-refractivity contribution < 1.29 is 4.79 Å². The number of halogens is 2. The van der Waals surface area contributed by atoms with Crippen molar-refractivity contribution >= 4 is 49.3 Å². The third kappa shape index (κ3) is 3.63. The Labute approximate surface area is 140 Å². The van der Waals surface area contributed by atoms with Crippen molar-refractivity contribution in [2.45, 2.75) is 13.8 Å². The summed E-state index contributed by atoms with van der Waals surface area (Å²) >= 11 is 6.79. The Kier molecular flexibility index (Phi) is 5.00. The van der Waals surface area contributed by atoms with Crippen molar-refractivity contribution in [3.8, 4) is 0 Å². The molecule has 6 heteroatoms. The van der Waals surface area contributed by atoms with E-state index in [9.17, 15) is 4.79 Å². The number of rotatable bonds is 3. The molecule has 1 aromatic heterocycles. The molecule has 1 amide bonds. The van der Waals surface area contributed by atoms with Gasteiger partial charge in [-0.3, -0.25) is 4.79 Å². The van der Waals surface area contributed by atoms with Crippen LogP contribution in [-0.2, 0) is 0 Å². The topological polar surface area (TPSA) is 54.0 Å². The summed E-state index contributed by atoms with van der Waals surface area (Å²) in [4.78, 5) is 16.7. The maximum atomic E-state index is 12.5. The Bertz CT molecular complexity index is 678. The van der Waals surface area contributed by atoms with Gasteiger partial charge in [-0.25, -0.2) is 4.98 Å². The van der Waals surface area contributed by atoms with Crippen LogP contribution >= 0.6 is 31.9 Å². The van der Waals surface area contributed by atoms with Crippen molar-refractivity contribution in [3.63, 3.8) is 0 Å². The average molecular weight is 413 g/mol. The number of anilines is 2. The fourth-order valence-electron chi connectivity index (χ4n) is 2.10. The second kappa shape index (κ2) is 6.58. The lowest BCUT2D eigenvalue weighted by molar-refractivity contribution is 0.102. The third-order valence-corrected chi connectivity index (χ3v) is 3.96. The molecule has 1 heterocycles. The SMILES string of the molecule is CNc1ncc(Br)cc1C(=O)Nc1c(C)cc(Br)cc1C. The largest absolute Gasteiger partial charge is 0.372 e. The molecule has 21 heavy (non-hydrogen) atoms. The summed E-state index contributed by atoms with van der Waals surface area (Å²) in [5.41, 5.74) is 3.33. The van der Waals surface area contributed by atoms with E-state index < -0.39 is 0 Å². The molecule has 0 saturated heterocycles. The summed E-state index contributed by atoms with van der Waals surface area (Å²) in [6.07, 6.45) is 1.65. The molecule has 0 atom stereocenters. The number of carbonyl (C=O) groups is 1. The van der Waals surface area contributed by atoms with Gasteiger partial charge in [-0.05, 0) is 59.1 Å². The Balaban J connectivity index is 2.37. The lowest BCUT2D eigenvalue weighted by Crippen LogP contribution is -2.16. The summed E-state index contributed by atoms with van der Waals surface area (Å²) in [6, 6.07) is 5.69. The number of benzene rings is 1. The predicted octanol–water partition coefficient (Wildman–Crippen LogP) is 4.52. The molecule has 1 aromatic carbocycles. The van der Waals surface area contributed by atoms with Gasteiger partial charge in [0.15, 0.2) is 0 Å². The van der Waals surface area contributed by atoms with E-state index in [1.807, 2.05) is 26.0 Å². The normalized spacial score (nSPS) is 10.3. The van der Waals surface area contributed by atoms with Crippen LogP contribution in [0.15, 0.2) is 33.3 Å². The second-order valence-electron chi connectivity index (χ2n) is 4.67. The zero-order valence-corrected chi connectivity index (χ0v) is 15.1. The molecule has 0 aliphatic rings. The van der Waals surface area contributed by atoms with E-state index in [0.29, 0.717) is 11.4 Å². The molecule has 2 rings (SSSR count). The van der Waals surface area contributed by atoms with Crippen molar-refractivity contribution in [1.82, 2.24) is 4.98 Å². The molecule has 0 spiro atoms. The van der Waals surface area contributed by atoms with Crippen LogP contribution in [0, 0.1) is 13.8 Å². The predicted molar refractivity (Wildman–Crippen MR) is 93.1 cm³/mol. The molecule has 2 aromatic rings. The van der Waals surface area contributed by atoms with E-state index in [0.717, 1.165) is 25.8 Å². The molecule has 0 unspecified atom stereocenters. The third-order valence-electron chi connectivity index (χ3n) is 3.07. The Morgan fingerprint density at radius 1 is 1.10 bits per heavy atom. The number of pyridine rings is 1. The number of hydrogen-bond acceptors (Lipinski definition) is 3. The molecule has 0 aliphatic heterocycles. The molecule has 110 valence electrons. The highest BCUT2D eigenvalue weighted by Gasteiger charge is 2.15. The zero-order chi connectivity index (χ0) is 15.6. The highest BCUT2D eigenvalue weighted by atomic mass is 79.9. The lowest BCUT2D eigenvalue weighted by Gasteiger charge is -2.14. The van der Waals surface area contributed by atoms with Gasteiger partial charge in [-0.2, -0.15) is 0 Å². The van der Waals surface area contributed by atoms with E-state index in [2.05, 4.69) is 47.5 Å². The van der Waals surface area contributed by atoms with Gasteiger partial charge in [-0.1, -0.05) is 15.9 Å². The van der Waals surface area contributed by atoms with Gasteiger partial charge in [0, 0.05) is 27.9 Å². The minimum Gasteiger partial charge on any atom is -0.372 e. The Morgan fingerprint density at radius 3 is 2.29 bits per heavy atom. The fourth-order valence-corrected chi connectivity index (χ4v) is 3.12. The molecular weight excluding hydrogens is 398 g/mol. The van der Waals surface area contributed by atoms with Gasteiger partial charge in [0.05, 0.1) is 5.56 Å². The molecule has 0 radical (unpaired) electrons. The van der Waals surface area contributed by atoms with Crippen molar-refractivity contribution in [2.75, 3.05) is 17.7 Å². The molecule has 0 bridgehead atoms. The van der Waals surface area contributed by atoms with Crippen LogP contribution in [0.25, 0.3) is 0 Å². The summed E-state index contributed by atoms with van der Waals surface area (Å²) < 4.78 is 1.76. The molecule has 2 N–H and O–H groups in total. The molecule has 0 fully saturated rings.